The van der Waals surface area contributed by atoms with Gasteiger partial charge in [-0.2, -0.15) is 0 Å². The van der Waals surface area contributed by atoms with Crippen LogP contribution in [-0.2, 0) is 6.42 Å². The van der Waals surface area contributed by atoms with Gasteiger partial charge in [0.2, 0.25) is 0 Å². The zero-order chi connectivity index (χ0) is 14.5. The Hall–Kier alpha value is -1.80. The first-order valence-electron chi connectivity index (χ1n) is 6.59. The van der Waals surface area contributed by atoms with Gasteiger partial charge in [0.15, 0.2) is 5.78 Å². The fraction of sp³-hybridized carbons (Fsp3) is 0.235. The quantitative estimate of drug-likeness (QED) is 0.754. The second-order valence-electron chi connectivity index (χ2n) is 4.89. The van der Waals surface area contributed by atoms with Crippen LogP contribution >= 0.6 is 11.6 Å². The number of benzene rings is 2. The predicted octanol–water partition coefficient (Wildman–Crippen LogP) is 4.55. The summed E-state index contributed by atoms with van der Waals surface area (Å²) in [4.78, 5) is 12.3. The van der Waals surface area contributed by atoms with E-state index >= 15 is 0 Å². The lowest BCUT2D eigenvalue weighted by Gasteiger charge is -2.10. The third-order valence-electron chi connectivity index (χ3n) is 2.84. The zero-order valence-corrected chi connectivity index (χ0v) is 12.4. The number of ketones is 1. The van der Waals surface area contributed by atoms with Crippen LogP contribution in [0.25, 0.3) is 0 Å². The van der Waals surface area contributed by atoms with Gasteiger partial charge < -0.3 is 4.74 Å². The number of ether oxygens (including phenoxy) is 1. The standard InChI is InChI=1S/C17H17ClO2/c1-12(2)20-15-8-5-7-14(10-15)17(19)11-13-6-3-4-9-16(13)18/h3-10,12H,11H2,1-2H3. The van der Waals surface area contributed by atoms with Crippen LogP contribution in [0.2, 0.25) is 5.02 Å². The number of carbonyl (C=O) groups excluding carboxylic acids is 1. The third-order valence-corrected chi connectivity index (χ3v) is 3.21. The zero-order valence-electron chi connectivity index (χ0n) is 11.6. The second-order valence-corrected chi connectivity index (χ2v) is 5.29. The number of halogens is 1. The molecule has 0 radical (unpaired) electrons. The first kappa shape index (κ1) is 14.6. The summed E-state index contributed by atoms with van der Waals surface area (Å²) in [5, 5.41) is 0.621. The van der Waals surface area contributed by atoms with Gasteiger partial charge in [-0.15, -0.1) is 0 Å². The lowest BCUT2D eigenvalue weighted by molar-refractivity contribution is 0.0992. The first-order chi connectivity index (χ1) is 9.56. The fourth-order valence-electron chi connectivity index (χ4n) is 1.93. The number of Topliss-reactive ketones (excluding diaryl/α,β-unsaturated/α-hetero) is 1. The second kappa shape index (κ2) is 6.58. The van der Waals surface area contributed by atoms with E-state index in [-0.39, 0.29) is 11.9 Å². The molecule has 2 nitrogen and oxygen atoms in total. The van der Waals surface area contributed by atoms with Gasteiger partial charge in [0.05, 0.1) is 6.10 Å². The molecule has 0 aliphatic carbocycles. The van der Waals surface area contributed by atoms with E-state index in [1.807, 2.05) is 44.2 Å². The average molecular weight is 289 g/mol. The van der Waals surface area contributed by atoms with Crippen LogP contribution in [0.3, 0.4) is 0 Å². The fourth-order valence-corrected chi connectivity index (χ4v) is 2.13. The van der Waals surface area contributed by atoms with E-state index in [1.54, 1.807) is 18.2 Å². The molecule has 3 heteroatoms. The van der Waals surface area contributed by atoms with Crippen LogP contribution in [-0.4, -0.2) is 11.9 Å². The van der Waals surface area contributed by atoms with Gasteiger partial charge in [-0.05, 0) is 37.6 Å². The number of hydrogen-bond acceptors (Lipinski definition) is 2. The predicted molar refractivity (Wildman–Crippen MR) is 81.7 cm³/mol. The highest BCUT2D eigenvalue weighted by atomic mass is 35.5. The molecule has 2 rings (SSSR count). The minimum absolute atomic E-state index is 0.0345. The number of hydrogen-bond donors (Lipinski definition) is 0. The molecule has 0 unspecified atom stereocenters. The Morgan fingerprint density at radius 1 is 1.15 bits per heavy atom. The molecule has 0 heterocycles. The molecule has 0 aromatic heterocycles. The van der Waals surface area contributed by atoms with E-state index in [9.17, 15) is 4.79 Å². The first-order valence-corrected chi connectivity index (χ1v) is 6.97. The molecular formula is C17H17ClO2. The van der Waals surface area contributed by atoms with Crippen LogP contribution in [0, 0.1) is 0 Å². The molecule has 0 bridgehead atoms. The van der Waals surface area contributed by atoms with Gasteiger partial charge in [-0.25, -0.2) is 0 Å². The van der Waals surface area contributed by atoms with Gasteiger partial charge in [0, 0.05) is 17.0 Å². The largest absolute Gasteiger partial charge is 0.491 e. The van der Waals surface area contributed by atoms with Crippen molar-refractivity contribution < 1.29 is 9.53 Å². The van der Waals surface area contributed by atoms with Crippen molar-refractivity contribution >= 4 is 17.4 Å². The van der Waals surface area contributed by atoms with E-state index < -0.39 is 0 Å². The van der Waals surface area contributed by atoms with Crippen molar-refractivity contribution in [2.75, 3.05) is 0 Å². The highest BCUT2D eigenvalue weighted by Crippen LogP contribution is 2.20. The maximum Gasteiger partial charge on any atom is 0.167 e. The minimum Gasteiger partial charge on any atom is -0.491 e. The number of rotatable bonds is 5. The van der Waals surface area contributed by atoms with Gasteiger partial charge in [0.25, 0.3) is 0 Å². The summed E-state index contributed by atoms with van der Waals surface area (Å²) < 4.78 is 5.60. The monoisotopic (exact) mass is 288 g/mol. The Bertz CT molecular complexity index is 605. The van der Waals surface area contributed by atoms with Gasteiger partial charge >= 0.3 is 0 Å². The van der Waals surface area contributed by atoms with Crippen molar-refractivity contribution in [3.63, 3.8) is 0 Å². The van der Waals surface area contributed by atoms with Gasteiger partial charge in [0.1, 0.15) is 5.75 Å². The van der Waals surface area contributed by atoms with Crippen LogP contribution in [0.4, 0.5) is 0 Å². The van der Waals surface area contributed by atoms with Crippen LogP contribution in [0.15, 0.2) is 48.5 Å². The Morgan fingerprint density at radius 3 is 2.60 bits per heavy atom. The molecule has 0 saturated heterocycles. The Morgan fingerprint density at radius 2 is 1.90 bits per heavy atom. The molecule has 0 saturated carbocycles. The number of carbonyl (C=O) groups is 1. The van der Waals surface area contributed by atoms with Crippen molar-refractivity contribution in [3.05, 3.63) is 64.7 Å². The van der Waals surface area contributed by atoms with E-state index in [0.717, 1.165) is 5.56 Å². The third kappa shape index (κ3) is 3.84. The SMILES string of the molecule is CC(C)Oc1cccc(C(=O)Cc2ccccc2Cl)c1. The van der Waals surface area contributed by atoms with Crippen LogP contribution in [0.1, 0.15) is 29.8 Å². The van der Waals surface area contributed by atoms with Gasteiger partial charge in [-0.1, -0.05) is 41.9 Å². The molecule has 0 aliphatic heterocycles. The smallest absolute Gasteiger partial charge is 0.167 e. The van der Waals surface area contributed by atoms with Crippen molar-refractivity contribution in [1.82, 2.24) is 0 Å². The maximum atomic E-state index is 12.3. The lowest BCUT2D eigenvalue weighted by atomic mass is 10.0. The van der Waals surface area contributed by atoms with Crippen LogP contribution < -0.4 is 4.74 Å². The van der Waals surface area contributed by atoms with Crippen molar-refractivity contribution in [2.45, 2.75) is 26.4 Å². The molecule has 20 heavy (non-hydrogen) atoms. The molecule has 0 amide bonds. The Kier molecular flexibility index (Phi) is 4.80. The lowest BCUT2D eigenvalue weighted by Crippen LogP contribution is -2.08. The Balaban J connectivity index is 2.15. The van der Waals surface area contributed by atoms with E-state index in [2.05, 4.69) is 0 Å². The van der Waals surface area contributed by atoms with E-state index in [1.165, 1.54) is 0 Å². The Labute approximate surface area is 124 Å². The van der Waals surface area contributed by atoms with Gasteiger partial charge in [-0.3, -0.25) is 4.79 Å². The summed E-state index contributed by atoms with van der Waals surface area (Å²) in [5.74, 6) is 0.748. The summed E-state index contributed by atoms with van der Waals surface area (Å²) in [6.45, 7) is 3.91. The molecule has 0 fully saturated rings. The highest BCUT2D eigenvalue weighted by Gasteiger charge is 2.10. The minimum atomic E-state index is 0.0345. The molecule has 0 spiro atoms. The molecule has 0 aliphatic rings. The summed E-state index contributed by atoms with van der Waals surface area (Å²) in [6, 6.07) is 14.7. The summed E-state index contributed by atoms with van der Waals surface area (Å²) in [5.41, 5.74) is 1.48. The van der Waals surface area contributed by atoms with E-state index in [4.69, 9.17) is 16.3 Å². The molecule has 0 atom stereocenters. The molecule has 2 aromatic carbocycles. The van der Waals surface area contributed by atoms with Crippen molar-refractivity contribution in [3.8, 4) is 5.75 Å². The molecule has 104 valence electrons. The summed E-state index contributed by atoms with van der Waals surface area (Å²) in [7, 11) is 0. The molecule has 0 N–H and O–H groups in total. The maximum absolute atomic E-state index is 12.3. The van der Waals surface area contributed by atoms with E-state index in [0.29, 0.717) is 22.8 Å². The van der Waals surface area contributed by atoms with Crippen molar-refractivity contribution in [1.29, 1.82) is 0 Å². The summed E-state index contributed by atoms with van der Waals surface area (Å²) in [6.07, 6.45) is 0.383. The average Bonchev–Trinajstić information content (AvgIpc) is 2.41. The topological polar surface area (TPSA) is 26.3 Å². The molecular weight excluding hydrogens is 272 g/mol. The summed E-state index contributed by atoms with van der Waals surface area (Å²) >= 11 is 6.08. The van der Waals surface area contributed by atoms with Crippen molar-refractivity contribution in [2.24, 2.45) is 0 Å². The van der Waals surface area contributed by atoms with Crippen LogP contribution in [0.5, 0.6) is 5.75 Å². The highest BCUT2D eigenvalue weighted by molar-refractivity contribution is 6.31. The molecule has 2 aromatic rings. The normalized spacial score (nSPS) is 10.6.